The smallest absolute Gasteiger partial charge is 0.258 e. The van der Waals surface area contributed by atoms with Gasteiger partial charge in [0.2, 0.25) is 5.91 Å². The van der Waals surface area contributed by atoms with Crippen LogP contribution in [0.15, 0.2) is 46.6 Å². The van der Waals surface area contributed by atoms with Crippen molar-refractivity contribution in [1.82, 2.24) is 20.2 Å². The minimum absolute atomic E-state index is 0.0564. The molecule has 0 aliphatic heterocycles. The topological polar surface area (TPSA) is 78.1 Å². The van der Waals surface area contributed by atoms with Gasteiger partial charge in [0.05, 0.1) is 30.0 Å². The van der Waals surface area contributed by atoms with Gasteiger partial charge >= 0.3 is 0 Å². The summed E-state index contributed by atoms with van der Waals surface area (Å²) < 4.78 is 0. The average Bonchev–Trinajstić information content (AvgIpc) is 3.12. The van der Waals surface area contributed by atoms with E-state index >= 15 is 0 Å². The third-order valence-corrected chi connectivity index (χ3v) is 5.00. The van der Waals surface area contributed by atoms with Crippen molar-refractivity contribution in [2.75, 3.05) is 7.05 Å². The number of aromatic nitrogens is 2. The number of benzene rings is 1. The van der Waals surface area contributed by atoms with Crippen LogP contribution in [0.5, 0.6) is 0 Å². The van der Waals surface area contributed by atoms with E-state index in [-0.39, 0.29) is 17.5 Å². The van der Waals surface area contributed by atoms with E-state index in [1.54, 1.807) is 17.4 Å². The Hall–Kier alpha value is -2.51. The zero-order valence-electron chi connectivity index (χ0n) is 14.2. The normalized spacial score (nSPS) is 12.4. The van der Waals surface area contributed by atoms with Gasteiger partial charge in [-0.25, -0.2) is 4.98 Å². The number of hydrogen-bond donors (Lipinski definition) is 2. The number of nitrogens with zero attached hydrogens (tertiary/aromatic N) is 2. The summed E-state index contributed by atoms with van der Waals surface area (Å²) in [5.41, 5.74) is 0.494. The standard InChI is InChI=1S/C18H20N4O2S/c1-12(17(23)19-10-13-6-5-9-25-13)22(2)11-16-20-15-8-4-3-7-14(15)18(24)21-16/h3-9,12H,10-11H2,1-2H3,(H,19,23)(H,20,21,24). The van der Waals surface area contributed by atoms with E-state index in [1.807, 2.05) is 54.6 Å². The van der Waals surface area contributed by atoms with E-state index in [9.17, 15) is 9.59 Å². The van der Waals surface area contributed by atoms with Gasteiger partial charge in [0.15, 0.2) is 0 Å². The Kier molecular flexibility index (Phi) is 5.25. The van der Waals surface area contributed by atoms with Crippen molar-refractivity contribution in [2.24, 2.45) is 0 Å². The van der Waals surface area contributed by atoms with Crippen LogP contribution < -0.4 is 10.9 Å². The zero-order valence-corrected chi connectivity index (χ0v) is 15.0. The number of likely N-dealkylation sites (N-methyl/N-ethyl adjacent to an activating group) is 1. The molecule has 0 radical (unpaired) electrons. The Morgan fingerprint density at radius 2 is 2.12 bits per heavy atom. The molecule has 1 atom stereocenters. The van der Waals surface area contributed by atoms with Gasteiger partial charge in [-0.2, -0.15) is 0 Å². The van der Waals surface area contributed by atoms with Gasteiger partial charge in [0.25, 0.3) is 5.56 Å². The molecule has 0 aliphatic rings. The largest absolute Gasteiger partial charge is 0.350 e. The summed E-state index contributed by atoms with van der Waals surface area (Å²) in [5.74, 6) is 0.489. The second kappa shape index (κ2) is 7.58. The van der Waals surface area contributed by atoms with E-state index in [0.29, 0.717) is 29.8 Å². The Labute approximate surface area is 149 Å². The molecule has 0 spiro atoms. The molecule has 6 nitrogen and oxygen atoms in total. The molecule has 2 N–H and O–H groups in total. The van der Waals surface area contributed by atoms with E-state index < -0.39 is 0 Å². The molecule has 0 saturated carbocycles. The van der Waals surface area contributed by atoms with Gasteiger partial charge in [-0.3, -0.25) is 14.5 Å². The number of fused-ring (bicyclic) bond motifs is 1. The van der Waals surface area contributed by atoms with Crippen molar-refractivity contribution >= 4 is 28.1 Å². The first kappa shape index (κ1) is 17.3. The van der Waals surface area contributed by atoms with Crippen LogP contribution in [0.3, 0.4) is 0 Å². The third-order valence-electron chi connectivity index (χ3n) is 4.12. The number of carbonyl (C=O) groups is 1. The van der Waals surface area contributed by atoms with Crippen LogP contribution in [-0.4, -0.2) is 33.9 Å². The predicted molar refractivity (Wildman–Crippen MR) is 99.5 cm³/mol. The van der Waals surface area contributed by atoms with Crippen molar-refractivity contribution in [3.05, 3.63) is 62.8 Å². The molecule has 2 heterocycles. The van der Waals surface area contributed by atoms with Crippen molar-refractivity contribution < 1.29 is 4.79 Å². The summed E-state index contributed by atoms with van der Waals surface area (Å²) in [5, 5.41) is 5.48. The van der Waals surface area contributed by atoms with E-state index in [2.05, 4.69) is 15.3 Å². The summed E-state index contributed by atoms with van der Waals surface area (Å²) in [6.07, 6.45) is 0. The molecule has 25 heavy (non-hydrogen) atoms. The predicted octanol–water partition coefficient (Wildman–Crippen LogP) is 2.12. The third kappa shape index (κ3) is 4.12. The van der Waals surface area contributed by atoms with Crippen LogP contribution in [0.1, 0.15) is 17.6 Å². The Bertz CT molecular complexity index is 920. The number of para-hydroxylation sites is 1. The Balaban J connectivity index is 1.65. The van der Waals surface area contributed by atoms with Crippen molar-refractivity contribution in [3.63, 3.8) is 0 Å². The zero-order chi connectivity index (χ0) is 17.8. The van der Waals surface area contributed by atoms with Crippen molar-refractivity contribution in [3.8, 4) is 0 Å². The highest BCUT2D eigenvalue weighted by atomic mass is 32.1. The minimum Gasteiger partial charge on any atom is -0.350 e. The Morgan fingerprint density at radius 1 is 1.32 bits per heavy atom. The van der Waals surface area contributed by atoms with Gasteiger partial charge in [0, 0.05) is 4.88 Å². The monoisotopic (exact) mass is 356 g/mol. The maximum absolute atomic E-state index is 12.3. The maximum atomic E-state index is 12.3. The molecule has 130 valence electrons. The average molecular weight is 356 g/mol. The number of H-pyrrole nitrogens is 1. The molecule has 0 bridgehead atoms. The highest BCUT2D eigenvalue weighted by Crippen LogP contribution is 2.09. The van der Waals surface area contributed by atoms with Crippen LogP contribution in [0.2, 0.25) is 0 Å². The number of hydrogen-bond acceptors (Lipinski definition) is 5. The molecule has 1 amide bonds. The molecule has 0 aliphatic carbocycles. The second-order valence-corrected chi connectivity index (χ2v) is 6.95. The fourth-order valence-electron chi connectivity index (χ4n) is 2.52. The fourth-order valence-corrected chi connectivity index (χ4v) is 3.16. The quantitative estimate of drug-likeness (QED) is 0.709. The van der Waals surface area contributed by atoms with Crippen LogP contribution in [0.25, 0.3) is 10.9 Å². The van der Waals surface area contributed by atoms with Gasteiger partial charge in [0.1, 0.15) is 5.82 Å². The SMILES string of the molecule is CC(C(=O)NCc1cccs1)N(C)Cc1nc2ccccc2c(=O)[nH]1. The summed E-state index contributed by atoms with van der Waals surface area (Å²) in [6.45, 7) is 2.75. The van der Waals surface area contributed by atoms with Crippen LogP contribution in [0.4, 0.5) is 0 Å². The number of nitrogens with one attached hydrogen (secondary N) is 2. The van der Waals surface area contributed by atoms with E-state index in [4.69, 9.17) is 0 Å². The molecule has 2 aromatic heterocycles. The molecule has 1 unspecified atom stereocenters. The van der Waals surface area contributed by atoms with Crippen LogP contribution in [-0.2, 0) is 17.9 Å². The number of carbonyl (C=O) groups excluding carboxylic acids is 1. The summed E-state index contributed by atoms with van der Waals surface area (Å²) in [7, 11) is 1.84. The van der Waals surface area contributed by atoms with Crippen molar-refractivity contribution in [1.29, 1.82) is 0 Å². The second-order valence-electron chi connectivity index (χ2n) is 5.92. The number of amides is 1. The van der Waals surface area contributed by atoms with Crippen molar-refractivity contribution in [2.45, 2.75) is 26.1 Å². The number of aromatic amines is 1. The van der Waals surface area contributed by atoms with Crippen LogP contribution in [0, 0.1) is 0 Å². The molecular formula is C18H20N4O2S. The maximum Gasteiger partial charge on any atom is 0.258 e. The van der Waals surface area contributed by atoms with Gasteiger partial charge in [-0.1, -0.05) is 18.2 Å². The number of thiophene rings is 1. The number of rotatable bonds is 6. The molecule has 1 aromatic carbocycles. The lowest BCUT2D eigenvalue weighted by molar-refractivity contribution is -0.125. The lowest BCUT2D eigenvalue weighted by Gasteiger charge is -2.23. The first-order valence-electron chi connectivity index (χ1n) is 8.03. The highest BCUT2D eigenvalue weighted by Gasteiger charge is 2.19. The molecule has 0 fully saturated rings. The first-order chi connectivity index (χ1) is 12.0. The summed E-state index contributed by atoms with van der Waals surface area (Å²) in [4.78, 5) is 34.7. The lowest BCUT2D eigenvalue weighted by atomic mass is 10.2. The van der Waals surface area contributed by atoms with Crippen LogP contribution >= 0.6 is 11.3 Å². The summed E-state index contributed by atoms with van der Waals surface area (Å²) in [6, 6.07) is 10.8. The van der Waals surface area contributed by atoms with E-state index in [0.717, 1.165) is 4.88 Å². The molecule has 7 heteroatoms. The molecule has 0 saturated heterocycles. The van der Waals surface area contributed by atoms with Gasteiger partial charge < -0.3 is 10.3 Å². The molecule has 3 rings (SSSR count). The fraction of sp³-hybridized carbons (Fsp3) is 0.278. The Morgan fingerprint density at radius 3 is 2.88 bits per heavy atom. The van der Waals surface area contributed by atoms with E-state index in [1.165, 1.54) is 0 Å². The molecule has 3 aromatic rings. The molecular weight excluding hydrogens is 336 g/mol. The summed E-state index contributed by atoms with van der Waals surface area (Å²) >= 11 is 1.61. The minimum atomic E-state index is -0.336. The van der Waals surface area contributed by atoms with Gasteiger partial charge in [-0.05, 0) is 37.6 Å². The highest BCUT2D eigenvalue weighted by molar-refractivity contribution is 7.09. The van der Waals surface area contributed by atoms with Gasteiger partial charge in [-0.15, -0.1) is 11.3 Å². The lowest BCUT2D eigenvalue weighted by Crippen LogP contribution is -2.42. The first-order valence-corrected chi connectivity index (χ1v) is 8.91.